The van der Waals surface area contributed by atoms with Crippen LogP contribution in [-0.4, -0.2) is 32.5 Å². The first-order valence-corrected chi connectivity index (χ1v) is 7.29. The highest BCUT2D eigenvalue weighted by Gasteiger charge is 2.16. The van der Waals surface area contributed by atoms with E-state index in [1.165, 1.54) is 0 Å². The number of hydrogen-bond acceptors (Lipinski definition) is 4. The first-order chi connectivity index (χ1) is 9.54. The van der Waals surface area contributed by atoms with Gasteiger partial charge in [-0.2, -0.15) is 5.10 Å². The lowest BCUT2D eigenvalue weighted by Gasteiger charge is -2.09. The van der Waals surface area contributed by atoms with Gasteiger partial charge in [0, 0.05) is 13.7 Å². The minimum atomic E-state index is 0.537. The van der Waals surface area contributed by atoms with Gasteiger partial charge in [-0.3, -0.25) is 9.25 Å². The molecule has 2 aromatic rings. The molecule has 0 aliphatic carbocycles. The number of aromatic nitrogens is 4. The minimum absolute atomic E-state index is 0.537. The summed E-state index contributed by atoms with van der Waals surface area (Å²) in [7, 11) is 1.93. The lowest BCUT2D eigenvalue weighted by molar-refractivity contribution is 0.117. The summed E-state index contributed by atoms with van der Waals surface area (Å²) in [6.07, 6.45) is 1.94. The number of rotatable bonds is 7. The second-order valence-electron chi connectivity index (χ2n) is 5.51. The maximum Gasteiger partial charge on any atom is 0.202 e. The molecule has 2 heterocycles. The molecule has 0 atom stereocenters. The summed E-state index contributed by atoms with van der Waals surface area (Å²) >= 11 is 0. The topological polar surface area (TPSA) is 70.9 Å². The highest BCUT2D eigenvalue weighted by molar-refractivity contribution is 5.77. The van der Waals surface area contributed by atoms with Gasteiger partial charge in [0.25, 0.3) is 0 Å². The summed E-state index contributed by atoms with van der Waals surface area (Å²) in [4.78, 5) is 4.43. The standard InChI is InChI=1S/C14H25N5O/c1-5-11-12-13(18(4)17-11)19(14(15)16-12)7-9-20-8-6-10(2)3/h10H,5-9H2,1-4H3,(H2,15,16). The molecular formula is C14H25N5O. The van der Waals surface area contributed by atoms with Crippen LogP contribution in [0.25, 0.3) is 11.2 Å². The van der Waals surface area contributed by atoms with Crippen molar-refractivity contribution in [3.63, 3.8) is 0 Å². The third-order valence-electron chi connectivity index (χ3n) is 3.45. The Balaban J connectivity index is 2.06. The molecule has 0 aromatic carbocycles. The summed E-state index contributed by atoms with van der Waals surface area (Å²) in [5, 5.41) is 4.47. The molecule has 0 aliphatic heterocycles. The van der Waals surface area contributed by atoms with Gasteiger partial charge in [-0.1, -0.05) is 20.8 Å². The fourth-order valence-electron chi connectivity index (χ4n) is 2.29. The van der Waals surface area contributed by atoms with Crippen molar-refractivity contribution in [1.82, 2.24) is 19.3 Å². The molecule has 2 aromatic heterocycles. The lowest BCUT2D eigenvalue weighted by atomic mass is 10.1. The zero-order chi connectivity index (χ0) is 14.7. The van der Waals surface area contributed by atoms with Crippen molar-refractivity contribution < 1.29 is 4.74 Å². The zero-order valence-corrected chi connectivity index (χ0v) is 12.9. The fourth-order valence-corrected chi connectivity index (χ4v) is 2.29. The molecule has 0 radical (unpaired) electrons. The van der Waals surface area contributed by atoms with E-state index in [0.29, 0.717) is 25.0 Å². The van der Waals surface area contributed by atoms with Crippen LogP contribution in [0.4, 0.5) is 5.95 Å². The average molecular weight is 279 g/mol. The number of fused-ring (bicyclic) bond motifs is 1. The smallest absolute Gasteiger partial charge is 0.202 e. The molecule has 0 saturated carbocycles. The van der Waals surface area contributed by atoms with Gasteiger partial charge >= 0.3 is 0 Å². The molecular weight excluding hydrogens is 254 g/mol. The van der Waals surface area contributed by atoms with Gasteiger partial charge in [0.2, 0.25) is 5.95 Å². The van der Waals surface area contributed by atoms with Gasteiger partial charge in [-0.25, -0.2) is 4.98 Å². The molecule has 2 N–H and O–H groups in total. The van der Waals surface area contributed by atoms with Crippen LogP contribution in [0.2, 0.25) is 0 Å². The van der Waals surface area contributed by atoms with Crippen molar-refractivity contribution in [2.45, 2.75) is 40.2 Å². The molecule has 6 heteroatoms. The number of aryl methyl sites for hydroxylation is 2. The third-order valence-corrected chi connectivity index (χ3v) is 3.45. The number of nitrogen functional groups attached to an aromatic ring is 1. The van der Waals surface area contributed by atoms with Crippen molar-refractivity contribution in [2.75, 3.05) is 18.9 Å². The van der Waals surface area contributed by atoms with Crippen LogP contribution in [0.15, 0.2) is 0 Å². The second-order valence-corrected chi connectivity index (χ2v) is 5.51. The van der Waals surface area contributed by atoms with Crippen molar-refractivity contribution in [2.24, 2.45) is 13.0 Å². The van der Waals surface area contributed by atoms with Crippen molar-refractivity contribution in [1.29, 1.82) is 0 Å². The number of nitrogens with zero attached hydrogens (tertiary/aromatic N) is 4. The first-order valence-electron chi connectivity index (χ1n) is 7.29. The van der Waals surface area contributed by atoms with Crippen LogP contribution in [0, 0.1) is 5.92 Å². The Morgan fingerprint density at radius 1 is 1.30 bits per heavy atom. The monoisotopic (exact) mass is 279 g/mol. The van der Waals surface area contributed by atoms with E-state index in [2.05, 4.69) is 30.9 Å². The van der Waals surface area contributed by atoms with Crippen LogP contribution in [0.3, 0.4) is 0 Å². The summed E-state index contributed by atoms with van der Waals surface area (Å²) in [6.45, 7) is 8.62. The molecule has 0 amide bonds. The Hall–Kier alpha value is -1.56. The maximum atomic E-state index is 6.01. The van der Waals surface area contributed by atoms with E-state index in [-0.39, 0.29) is 0 Å². The van der Waals surface area contributed by atoms with Crippen LogP contribution < -0.4 is 5.73 Å². The molecule has 0 spiro atoms. The Labute approximate surface area is 119 Å². The van der Waals surface area contributed by atoms with Crippen molar-refractivity contribution in [3.05, 3.63) is 5.69 Å². The number of hydrogen-bond donors (Lipinski definition) is 1. The molecule has 0 saturated heterocycles. The Morgan fingerprint density at radius 2 is 2.05 bits per heavy atom. The van der Waals surface area contributed by atoms with E-state index >= 15 is 0 Å². The quantitative estimate of drug-likeness (QED) is 0.787. The van der Waals surface area contributed by atoms with E-state index in [0.717, 1.165) is 36.3 Å². The molecule has 2 rings (SSSR count). The van der Waals surface area contributed by atoms with Crippen LogP contribution in [0.5, 0.6) is 0 Å². The molecule has 20 heavy (non-hydrogen) atoms. The largest absolute Gasteiger partial charge is 0.380 e. The van der Waals surface area contributed by atoms with Crippen molar-refractivity contribution in [3.8, 4) is 0 Å². The van der Waals surface area contributed by atoms with E-state index in [9.17, 15) is 0 Å². The third kappa shape index (κ3) is 2.95. The number of nitrogens with two attached hydrogens (primary N) is 1. The van der Waals surface area contributed by atoms with Gasteiger partial charge < -0.3 is 10.5 Å². The molecule has 0 fully saturated rings. The molecule has 0 aliphatic rings. The van der Waals surface area contributed by atoms with Crippen LogP contribution in [-0.2, 0) is 24.8 Å². The van der Waals surface area contributed by atoms with Gasteiger partial charge in [0.15, 0.2) is 5.65 Å². The zero-order valence-electron chi connectivity index (χ0n) is 12.9. The van der Waals surface area contributed by atoms with E-state index < -0.39 is 0 Å². The fraction of sp³-hybridized carbons (Fsp3) is 0.714. The highest BCUT2D eigenvalue weighted by atomic mass is 16.5. The molecule has 6 nitrogen and oxygen atoms in total. The molecule has 0 unspecified atom stereocenters. The van der Waals surface area contributed by atoms with Gasteiger partial charge in [0.1, 0.15) is 5.52 Å². The molecule has 0 bridgehead atoms. The first kappa shape index (κ1) is 14.8. The number of anilines is 1. The SMILES string of the molecule is CCc1nn(C)c2c1nc(N)n2CCOCCC(C)C. The lowest BCUT2D eigenvalue weighted by Crippen LogP contribution is -2.12. The van der Waals surface area contributed by atoms with Gasteiger partial charge in [-0.05, 0) is 18.8 Å². The Kier molecular flexibility index (Phi) is 4.65. The van der Waals surface area contributed by atoms with Gasteiger partial charge in [0.05, 0.1) is 18.8 Å². The van der Waals surface area contributed by atoms with E-state index in [4.69, 9.17) is 10.5 Å². The van der Waals surface area contributed by atoms with E-state index in [1.807, 2.05) is 16.3 Å². The number of ether oxygens (including phenoxy) is 1. The van der Waals surface area contributed by atoms with Gasteiger partial charge in [-0.15, -0.1) is 0 Å². The van der Waals surface area contributed by atoms with Crippen LogP contribution in [0.1, 0.15) is 32.9 Å². The summed E-state index contributed by atoms with van der Waals surface area (Å²) in [5.41, 5.74) is 8.89. The normalized spacial score (nSPS) is 11.8. The number of imidazole rings is 1. The Bertz CT molecular complexity index is 570. The minimum Gasteiger partial charge on any atom is -0.380 e. The van der Waals surface area contributed by atoms with Crippen molar-refractivity contribution >= 4 is 17.1 Å². The molecule has 112 valence electrons. The van der Waals surface area contributed by atoms with Crippen LogP contribution >= 0.6 is 0 Å². The van der Waals surface area contributed by atoms with E-state index in [1.54, 1.807) is 0 Å². The average Bonchev–Trinajstić information content (AvgIpc) is 2.87. The second kappa shape index (κ2) is 6.26. The predicted octanol–water partition coefficient (Wildman–Crippen LogP) is 1.98. The summed E-state index contributed by atoms with van der Waals surface area (Å²) in [6, 6.07) is 0. The summed E-state index contributed by atoms with van der Waals surface area (Å²) < 4.78 is 9.50. The maximum absolute atomic E-state index is 6.01. The summed E-state index contributed by atoms with van der Waals surface area (Å²) in [5.74, 6) is 1.21. The highest BCUT2D eigenvalue weighted by Crippen LogP contribution is 2.21. The Morgan fingerprint density at radius 3 is 2.70 bits per heavy atom. The predicted molar refractivity (Wildman–Crippen MR) is 80.6 cm³/mol.